The van der Waals surface area contributed by atoms with Gasteiger partial charge in [-0.1, -0.05) is 0 Å². The third-order valence-electron chi connectivity index (χ3n) is 4.17. The SMILES string of the molecule is Cc1ncc(C)c(NC(=O)c2cc(C3(N)COC3)c(O)cc2C)n1. The number of aromatic hydroxyl groups is 1. The Morgan fingerprint density at radius 2 is 2.00 bits per heavy atom. The Kier molecular flexibility index (Phi) is 3.98. The highest BCUT2D eigenvalue weighted by Gasteiger charge is 2.39. The van der Waals surface area contributed by atoms with Crippen molar-refractivity contribution in [2.75, 3.05) is 18.5 Å². The number of amides is 1. The maximum absolute atomic E-state index is 12.7. The largest absolute Gasteiger partial charge is 0.508 e. The number of benzene rings is 1. The van der Waals surface area contributed by atoms with Crippen LogP contribution < -0.4 is 11.1 Å². The fraction of sp³-hybridized carbons (Fsp3) is 0.353. The van der Waals surface area contributed by atoms with Crippen molar-refractivity contribution in [1.29, 1.82) is 0 Å². The van der Waals surface area contributed by atoms with E-state index in [1.165, 1.54) is 0 Å². The van der Waals surface area contributed by atoms with Crippen molar-refractivity contribution in [2.45, 2.75) is 26.3 Å². The molecule has 24 heavy (non-hydrogen) atoms. The number of nitrogens with one attached hydrogen (secondary N) is 1. The van der Waals surface area contributed by atoms with Crippen LogP contribution in [0.15, 0.2) is 18.3 Å². The fourth-order valence-corrected chi connectivity index (χ4v) is 2.65. The Bertz CT molecular complexity index is 816. The minimum absolute atomic E-state index is 0.0731. The summed E-state index contributed by atoms with van der Waals surface area (Å²) in [5, 5.41) is 13.0. The highest BCUT2D eigenvalue weighted by Crippen LogP contribution is 2.35. The number of carbonyl (C=O) groups excluding carboxylic acids is 1. The van der Waals surface area contributed by atoms with Crippen LogP contribution in [-0.4, -0.2) is 34.2 Å². The average molecular weight is 328 g/mol. The van der Waals surface area contributed by atoms with Gasteiger partial charge < -0.3 is 20.9 Å². The molecule has 0 saturated carbocycles. The second-order valence-electron chi connectivity index (χ2n) is 6.24. The molecule has 2 heterocycles. The predicted molar refractivity (Wildman–Crippen MR) is 89.0 cm³/mol. The van der Waals surface area contributed by atoms with Crippen LogP contribution in [0.5, 0.6) is 5.75 Å². The van der Waals surface area contributed by atoms with Gasteiger partial charge in [-0.05, 0) is 38.5 Å². The summed E-state index contributed by atoms with van der Waals surface area (Å²) in [6.45, 7) is 5.97. The summed E-state index contributed by atoms with van der Waals surface area (Å²) in [7, 11) is 0. The predicted octanol–water partition coefficient (Wildman–Crippen LogP) is 1.54. The summed E-state index contributed by atoms with van der Waals surface area (Å²) in [5.74, 6) is 0.810. The number of anilines is 1. The lowest BCUT2D eigenvalue weighted by Crippen LogP contribution is -2.54. The summed E-state index contributed by atoms with van der Waals surface area (Å²) < 4.78 is 5.15. The monoisotopic (exact) mass is 328 g/mol. The van der Waals surface area contributed by atoms with Crippen LogP contribution in [0.4, 0.5) is 5.82 Å². The van der Waals surface area contributed by atoms with Crippen molar-refractivity contribution in [1.82, 2.24) is 9.97 Å². The van der Waals surface area contributed by atoms with Crippen molar-refractivity contribution in [3.8, 4) is 5.75 Å². The molecular weight excluding hydrogens is 308 g/mol. The van der Waals surface area contributed by atoms with E-state index >= 15 is 0 Å². The molecule has 7 nitrogen and oxygen atoms in total. The number of phenols is 1. The van der Waals surface area contributed by atoms with Gasteiger partial charge in [0.05, 0.1) is 18.8 Å². The lowest BCUT2D eigenvalue weighted by molar-refractivity contribution is -0.0578. The first kappa shape index (κ1) is 16.4. The molecule has 3 rings (SSSR count). The molecule has 126 valence electrons. The Labute approximate surface area is 139 Å². The number of aryl methyl sites for hydroxylation is 3. The molecule has 1 aromatic heterocycles. The summed E-state index contributed by atoms with van der Waals surface area (Å²) in [5.41, 5.74) is 7.83. The Hall–Kier alpha value is -2.51. The number of nitrogens with zero attached hydrogens (tertiary/aromatic N) is 2. The summed E-state index contributed by atoms with van der Waals surface area (Å²) in [6.07, 6.45) is 1.66. The molecule has 1 aliphatic rings. The number of hydrogen-bond donors (Lipinski definition) is 3. The maximum atomic E-state index is 12.7. The zero-order chi connectivity index (χ0) is 17.5. The Balaban J connectivity index is 1.95. The zero-order valence-electron chi connectivity index (χ0n) is 13.9. The summed E-state index contributed by atoms with van der Waals surface area (Å²) in [4.78, 5) is 21.0. The normalized spacial score (nSPS) is 15.7. The fourth-order valence-electron chi connectivity index (χ4n) is 2.65. The lowest BCUT2D eigenvalue weighted by atomic mass is 9.86. The van der Waals surface area contributed by atoms with Crippen LogP contribution >= 0.6 is 0 Å². The maximum Gasteiger partial charge on any atom is 0.257 e. The first-order valence-corrected chi connectivity index (χ1v) is 7.62. The number of carbonyl (C=O) groups is 1. The van der Waals surface area contributed by atoms with E-state index < -0.39 is 5.54 Å². The number of nitrogens with two attached hydrogens (primary N) is 1. The molecule has 0 atom stereocenters. The summed E-state index contributed by atoms with van der Waals surface area (Å²) >= 11 is 0. The van der Waals surface area contributed by atoms with Crippen molar-refractivity contribution in [2.24, 2.45) is 5.73 Å². The van der Waals surface area contributed by atoms with E-state index in [1.54, 1.807) is 32.2 Å². The topological polar surface area (TPSA) is 110 Å². The van der Waals surface area contributed by atoms with E-state index in [9.17, 15) is 9.90 Å². The molecule has 7 heteroatoms. The van der Waals surface area contributed by atoms with Gasteiger partial charge in [-0.3, -0.25) is 4.79 Å². The molecule has 0 aliphatic carbocycles. The highest BCUT2D eigenvalue weighted by molar-refractivity contribution is 6.05. The molecule has 0 spiro atoms. The standard InChI is InChI=1S/C17H20N4O3/c1-9-4-14(22)13(17(18)7-24-8-17)5-12(9)16(23)21-15-10(2)6-19-11(3)20-15/h4-6,22H,7-8,18H2,1-3H3,(H,19,20,21,23). The van der Waals surface area contributed by atoms with Crippen molar-refractivity contribution in [3.05, 3.63) is 46.4 Å². The molecule has 1 aliphatic heterocycles. The van der Waals surface area contributed by atoms with Crippen LogP contribution in [-0.2, 0) is 10.3 Å². The van der Waals surface area contributed by atoms with Crippen molar-refractivity contribution < 1.29 is 14.6 Å². The minimum atomic E-state index is -0.756. The molecule has 0 bridgehead atoms. The van der Waals surface area contributed by atoms with Gasteiger partial charge in [-0.25, -0.2) is 9.97 Å². The second kappa shape index (κ2) is 5.85. The van der Waals surface area contributed by atoms with Crippen LogP contribution in [0.1, 0.15) is 32.9 Å². The van der Waals surface area contributed by atoms with Gasteiger partial charge in [-0.2, -0.15) is 0 Å². The number of hydrogen-bond acceptors (Lipinski definition) is 6. The van der Waals surface area contributed by atoms with E-state index in [-0.39, 0.29) is 11.7 Å². The first-order chi connectivity index (χ1) is 11.3. The average Bonchev–Trinajstić information content (AvgIpc) is 2.48. The molecule has 1 fully saturated rings. The van der Waals surface area contributed by atoms with E-state index in [0.29, 0.717) is 41.5 Å². The second-order valence-corrected chi connectivity index (χ2v) is 6.24. The Morgan fingerprint density at radius 3 is 2.62 bits per heavy atom. The molecule has 0 radical (unpaired) electrons. The lowest BCUT2D eigenvalue weighted by Gasteiger charge is -2.38. The third-order valence-corrected chi connectivity index (χ3v) is 4.17. The van der Waals surface area contributed by atoms with Crippen LogP contribution in [0, 0.1) is 20.8 Å². The Morgan fingerprint density at radius 1 is 1.29 bits per heavy atom. The third kappa shape index (κ3) is 2.83. The van der Waals surface area contributed by atoms with Gasteiger partial charge in [0, 0.05) is 22.9 Å². The molecule has 2 aromatic rings. The van der Waals surface area contributed by atoms with E-state index in [1.807, 2.05) is 6.92 Å². The van der Waals surface area contributed by atoms with E-state index in [4.69, 9.17) is 10.5 Å². The minimum Gasteiger partial charge on any atom is -0.508 e. The molecular formula is C17H20N4O3. The van der Waals surface area contributed by atoms with Gasteiger partial charge in [0.15, 0.2) is 0 Å². The van der Waals surface area contributed by atoms with Gasteiger partial charge in [0.25, 0.3) is 5.91 Å². The molecule has 4 N–H and O–H groups in total. The number of ether oxygens (including phenoxy) is 1. The summed E-state index contributed by atoms with van der Waals surface area (Å²) in [6, 6.07) is 3.18. The van der Waals surface area contributed by atoms with Crippen LogP contribution in [0.3, 0.4) is 0 Å². The molecule has 1 saturated heterocycles. The zero-order valence-corrected chi connectivity index (χ0v) is 13.9. The van der Waals surface area contributed by atoms with Gasteiger partial charge in [-0.15, -0.1) is 0 Å². The molecule has 1 aromatic carbocycles. The van der Waals surface area contributed by atoms with Crippen molar-refractivity contribution >= 4 is 11.7 Å². The number of rotatable bonds is 3. The molecule has 1 amide bonds. The van der Waals surface area contributed by atoms with Crippen LogP contribution in [0.25, 0.3) is 0 Å². The number of aromatic nitrogens is 2. The smallest absolute Gasteiger partial charge is 0.257 e. The van der Waals surface area contributed by atoms with Gasteiger partial charge in [0.2, 0.25) is 0 Å². The molecule has 0 unspecified atom stereocenters. The van der Waals surface area contributed by atoms with E-state index in [0.717, 1.165) is 5.56 Å². The highest BCUT2D eigenvalue weighted by atomic mass is 16.5. The number of phenolic OH excluding ortho intramolecular Hbond substituents is 1. The first-order valence-electron chi connectivity index (χ1n) is 7.62. The van der Waals surface area contributed by atoms with Crippen molar-refractivity contribution in [3.63, 3.8) is 0 Å². The van der Waals surface area contributed by atoms with Gasteiger partial charge >= 0.3 is 0 Å². The quantitative estimate of drug-likeness (QED) is 0.788. The van der Waals surface area contributed by atoms with Crippen LogP contribution in [0.2, 0.25) is 0 Å². The van der Waals surface area contributed by atoms with E-state index in [2.05, 4.69) is 15.3 Å². The van der Waals surface area contributed by atoms with Gasteiger partial charge in [0.1, 0.15) is 17.4 Å².